The Morgan fingerprint density at radius 3 is 2.77 bits per heavy atom. The number of hydrogen-bond acceptors (Lipinski definition) is 6. The minimum Gasteiger partial charge on any atom is -0.506 e. The summed E-state index contributed by atoms with van der Waals surface area (Å²) in [4.78, 5) is 16.4. The number of phenols is 2. The molecule has 0 bridgehead atoms. The Labute approximate surface area is 168 Å². The molecule has 4 aromatic rings. The van der Waals surface area contributed by atoms with Crippen LogP contribution in [0.25, 0.3) is 22.6 Å². The van der Waals surface area contributed by atoms with Crippen molar-refractivity contribution >= 4 is 66.1 Å². The van der Waals surface area contributed by atoms with Gasteiger partial charge in [-0.05, 0) is 56.1 Å². The molecule has 0 aliphatic heterocycles. The number of H-pyrrole nitrogens is 1. The monoisotopic (exact) mass is 492 g/mol. The minimum atomic E-state index is -0.0807. The highest BCUT2D eigenvalue weighted by atomic mass is 79.9. The van der Waals surface area contributed by atoms with Crippen molar-refractivity contribution in [1.29, 1.82) is 0 Å². The molecule has 0 amide bonds. The van der Waals surface area contributed by atoms with Crippen LogP contribution in [-0.4, -0.2) is 31.4 Å². The predicted molar refractivity (Wildman–Crippen MR) is 110 cm³/mol. The molecule has 0 unspecified atom stereocenters. The molecule has 6 nitrogen and oxygen atoms in total. The molecule has 9 heteroatoms. The van der Waals surface area contributed by atoms with Gasteiger partial charge in [-0.2, -0.15) is 0 Å². The van der Waals surface area contributed by atoms with Crippen molar-refractivity contribution in [2.45, 2.75) is 0 Å². The highest BCUT2D eigenvalue weighted by Gasteiger charge is 2.13. The lowest BCUT2D eigenvalue weighted by molar-refractivity contribution is 0.442. The van der Waals surface area contributed by atoms with Crippen LogP contribution in [0.15, 0.2) is 49.1 Å². The smallest absolute Gasteiger partial charge is 0.158 e. The second-order valence-electron chi connectivity index (χ2n) is 5.38. The standard InChI is InChI=1S/C17H10Br2N4O2S/c18-10-3-8(15(24)14(19)16(10)25)5-20-9-1-2-11-12(4-9)23-17(22-11)13-6-26-7-21-13/h1-7,24-25H,(H,22,23). The van der Waals surface area contributed by atoms with Crippen molar-refractivity contribution in [2.75, 3.05) is 0 Å². The van der Waals surface area contributed by atoms with Gasteiger partial charge in [0, 0.05) is 17.2 Å². The number of halogens is 2. The van der Waals surface area contributed by atoms with E-state index in [4.69, 9.17) is 0 Å². The van der Waals surface area contributed by atoms with Gasteiger partial charge in [0.25, 0.3) is 0 Å². The zero-order chi connectivity index (χ0) is 18.3. The lowest BCUT2D eigenvalue weighted by Gasteiger charge is -2.06. The van der Waals surface area contributed by atoms with E-state index >= 15 is 0 Å². The molecule has 130 valence electrons. The number of rotatable bonds is 3. The number of aromatic amines is 1. The normalized spacial score (nSPS) is 11.6. The zero-order valence-corrected chi connectivity index (χ0v) is 16.9. The fourth-order valence-corrected chi connectivity index (χ4v) is 4.08. The zero-order valence-electron chi connectivity index (χ0n) is 12.9. The van der Waals surface area contributed by atoms with E-state index in [9.17, 15) is 10.2 Å². The lowest BCUT2D eigenvalue weighted by Crippen LogP contribution is -1.85. The van der Waals surface area contributed by atoms with Gasteiger partial charge in [-0.25, -0.2) is 9.97 Å². The van der Waals surface area contributed by atoms with E-state index in [1.807, 2.05) is 23.6 Å². The van der Waals surface area contributed by atoms with Gasteiger partial charge in [0.1, 0.15) is 21.7 Å². The van der Waals surface area contributed by atoms with Gasteiger partial charge >= 0.3 is 0 Å². The molecule has 26 heavy (non-hydrogen) atoms. The van der Waals surface area contributed by atoms with Gasteiger partial charge < -0.3 is 15.2 Å². The number of aromatic hydroxyl groups is 2. The fourth-order valence-electron chi connectivity index (χ4n) is 2.39. The average molecular weight is 494 g/mol. The van der Waals surface area contributed by atoms with Crippen molar-refractivity contribution in [3.63, 3.8) is 0 Å². The summed E-state index contributed by atoms with van der Waals surface area (Å²) in [6, 6.07) is 7.17. The van der Waals surface area contributed by atoms with Crippen LogP contribution in [0.4, 0.5) is 5.69 Å². The molecule has 0 atom stereocenters. The first-order valence-corrected chi connectivity index (χ1v) is 9.88. The highest BCUT2D eigenvalue weighted by molar-refractivity contribution is 9.11. The molecule has 0 saturated carbocycles. The first-order valence-electron chi connectivity index (χ1n) is 7.35. The Kier molecular flexibility index (Phi) is 4.51. The van der Waals surface area contributed by atoms with Crippen LogP contribution in [0, 0.1) is 0 Å². The topological polar surface area (TPSA) is 94.4 Å². The van der Waals surface area contributed by atoms with Crippen LogP contribution in [0.3, 0.4) is 0 Å². The van der Waals surface area contributed by atoms with E-state index in [2.05, 4.69) is 51.8 Å². The van der Waals surface area contributed by atoms with Gasteiger partial charge in [0.2, 0.25) is 0 Å². The number of aromatic nitrogens is 3. The number of phenolic OH excluding ortho intramolecular Hbond substituents is 2. The Bertz CT molecular complexity index is 1140. The van der Waals surface area contributed by atoms with Crippen LogP contribution in [0.5, 0.6) is 11.5 Å². The second-order valence-corrected chi connectivity index (χ2v) is 7.74. The van der Waals surface area contributed by atoms with Gasteiger partial charge in [-0.3, -0.25) is 4.99 Å². The van der Waals surface area contributed by atoms with E-state index in [0.29, 0.717) is 21.5 Å². The molecular formula is C17H10Br2N4O2S. The molecule has 2 aromatic carbocycles. The summed E-state index contributed by atoms with van der Waals surface area (Å²) in [5.74, 6) is 0.572. The maximum Gasteiger partial charge on any atom is 0.158 e. The van der Waals surface area contributed by atoms with Crippen molar-refractivity contribution in [2.24, 2.45) is 4.99 Å². The Morgan fingerprint density at radius 2 is 2.00 bits per heavy atom. The first-order chi connectivity index (χ1) is 12.5. The Hall–Kier alpha value is -2.23. The summed E-state index contributed by atoms with van der Waals surface area (Å²) in [6.07, 6.45) is 1.53. The Morgan fingerprint density at radius 1 is 1.15 bits per heavy atom. The quantitative estimate of drug-likeness (QED) is 0.334. The number of imidazole rings is 1. The lowest BCUT2D eigenvalue weighted by atomic mass is 10.2. The SMILES string of the molecule is Oc1c(Br)cc(C=Nc2ccc3nc(-c4cscn4)[nH]c3c2)c(O)c1Br. The van der Waals surface area contributed by atoms with Gasteiger partial charge in [0.05, 0.1) is 26.7 Å². The third-order valence-electron chi connectivity index (χ3n) is 3.69. The molecule has 2 aromatic heterocycles. The number of hydrogen-bond donors (Lipinski definition) is 3. The van der Waals surface area contributed by atoms with Crippen LogP contribution in [-0.2, 0) is 0 Å². The summed E-state index contributed by atoms with van der Waals surface area (Å²) in [7, 11) is 0. The van der Waals surface area contributed by atoms with Crippen molar-refractivity contribution in [3.05, 3.63) is 49.7 Å². The van der Waals surface area contributed by atoms with E-state index in [-0.39, 0.29) is 16.0 Å². The number of nitrogens with one attached hydrogen (secondary N) is 1. The highest BCUT2D eigenvalue weighted by Crippen LogP contribution is 2.40. The molecule has 4 rings (SSSR count). The van der Waals surface area contributed by atoms with E-state index in [0.717, 1.165) is 16.7 Å². The van der Waals surface area contributed by atoms with E-state index in [1.165, 1.54) is 17.6 Å². The predicted octanol–water partition coefficient (Wildman–Crippen LogP) is 5.37. The third kappa shape index (κ3) is 3.13. The molecular weight excluding hydrogens is 484 g/mol. The minimum absolute atomic E-state index is 0.0619. The summed E-state index contributed by atoms with van der Waals surface area (Å²) in [5.41, 5.74) is 5.41. The van der Waals surface area contributed by atoms with Crippen LogP contribution >= 0.6 is 43.2 Å². The number of aliphatic imine (C=N–C) groups is 1. The summed E-state index contributed by atoms with van der Waals surface area (Å²) in [6.45, 7) is 0. The number of nitrogens with zero attached hydrogens (tertiary/aromatic N) is 3. The molecule has 0 aliphatic carbocycles. The van der Waals surface area contributed by atoms with Crippen molar-refractivity contribution < 1.29 is 10.2 Å². The van der Waals surface area contributed by atoms with Crippen LogP contribution < -0.4 is 0 Å². The average Bonchev–Trinajstić information content (AvgIpc) is 3.30. The van der Waals surface area contributed by atoms with Crippen molar-refractivity contribution in [3.8, 4) is 23.0 Å². The summed E-state index contributed by atoms with van der Waals surface area (Å²) >= 11 is 7.91. The first kappa shape index (κ1) is 17.2. The van der Waals surface area contributed by atoms with E-state index in [1.54, 1.807) is 11.6 Å². The maximum absolute atomic E-state index is 10.1. The maximum atomic E-state index is 10.1. The molecule has 3 N–H and O–H groups in total. The number of benzene rings is 2. The Balaban J connectivity index is 1.68. The summed E-state index contributed by atoms with van der Waals surface area (Å²) in [5, 5.41) is 21.8. The van der Waals surface area contributed by atoms with Crippen molar-refractivity contribution in [1.82, 2.24) is 15.0 Å². The molecule has 0 radical (unpaired) electrons. The number of fused-ring (bicyclic) bond motifs is 1. The largest absolute Gasteiger partial charge is 0.506 e. The third-order valence-corrected chi connectivity index (χ3v) is 5.63. The molecule has 2 heterocycles. The molecule has 0 saturated heterocycles. The molecule has 0 fully saturated rings. The van der Waals surface area contributed by atoms with Crippen LogP contribution in [0.1, 0.15) is 5.56 Å². The van der Waals surface area contributed by atoms with Crippen LogP contribution in [0.2, 0.25) is 0 Å². The van der Waals surface area contributed by atoms with Gasteiger partial charge in [-0.15, -0.1) is 11.3 Å². The molecule has 0 aliphatic rings. The number of thiazole rings is 1. The second kappa shape index (κ2) is 6.82. The fraction of sp³-hybridized carbons (Fsp3) is 0. The molecule has 0 spiro atoms. The van der Waals surface area contributed by atoms with Gasteiger partial charge in [0.15, 0.2) is 5.82 Å². The van der Waals surface area contributed by atoms with Gasteiger partial charge in [-0.1, -0.05) is 0 Å². The van der Waals surface area contributed by atoms with E-state index < -0.39 is 0 Å². The summed E-state index contributed by atoms with van der Waals surface area (Å²) < 4.78 is 0.672.